The summed E-state index contributed by atoms with van der Waals surface area (Å²) in [4.78, 5) is 28.2. The van der Waals surface area contributed by atoms with Crippen LogP contribution in [-0.4, -0.2) is 39.8 Å². The van der Waals surface area contributed by atoms with Crippen molar-refractivity contribution in [2.45, 2.75) is 38.3 Å². The van der Waals surface area contributed by atoms with Crippen molar-refractivity contribution in [2.75, 3.05) is 14.2 Å². The summed E-state index contributed by atoms with van der Waals surface area (Å²) in [6.07, 6.45) is 6.14. The lowest BCUT2D eigenvalue weighted by atomic mass is 10.1. The number of nitrogens with zero attached hydrogens (tertiary/aromatic N) is 4. The van der Waals surface area contributed by atoms with Gasteiger partial charge in [-0.15, -0.1) is 0 Å². The van der Waals surface area contributed by atoms with E-state index in [1.54, 1.807) is 6.20 Å². The first kappa shape index (κ1) is 22.3. The second kappa shape index (κ2) is 9.68. The molecule has 1 aromatic carbocycles. The van der Waals surface area contributed by atoms with E-state index in [-0.39, 0.29) is 29.3 Å². The lowest BCUT2D eigenvalue weighted by molar-refractivity contribution is -0.385. The van der Waals surface area contributed by atoms with Gasteiger partial charge in [0, 0.05) is 12.3 Å². The maximum atomic E-state index is 12.9. The highest BCUT2D eigenvalue weighted by atomic mass is 16.6. The molecule has 0 saturated heterocycles. The van der Waals surface area contributed by atoms with E-state index in [4.69, 9.17) is 14.6 Å². The molecular formula is C23H25N5O5. The molecule has 1 aliphatic carbocycles. The average Bonchev–Trinajstić information content (AvgIpc) is 3.52. The summed E-state index contributed by atoms with van der Waals surface area (Å²) in [7, 11) is 2.78. The van der Waals surface area contributed by atoms with Gasteiger partial charge in [-0.05, 0) is 31.0 Å². The Bertz CT molecular complexity index is 1160. The lowest BCUT2D eigenvalue weighted by Gasteiger charge is -2.13. The number of nitro benzene ring substituents is 1. The fourth-order valence-electron chi connectivity index (χ4n) is 4.13. The highest BCUT2D eigenvalue weighted by Gasteiger charge is 2.26. The molecule has 1 fully saturated rings. The van der Waals surface area contributed by atoms with Crippen LogP contribution in [0.25, 0.3) is 11.4 Å². The number of nitro groups is 1. The minimum absolute atomic E-state index is 0.113. The summed E-state index contributed by atoms with van der Waals surface area (Å²) in [5, 5.41) is 19.0. The number of ether oxygens (including phenoxy) is 2. The topological polar surface area (TPSA) is 121 Å². The van der Waals surface area contributed by atoms with E-state index in [1.807, 2.05) is 28.9 Å². The van der Waals surface area contributed by atoms with Crippen molar-refractivity contribution in [3.8, 4) is 22.9 Å². The zero-order valence-electron chi connectivity index (χ0n) is 18.5. The number of pyridine rings is 1. The predicted octanol–water partition coefficient (Wildman–Crippen LogP) is 3.92. The Labute approximate surface area is 190 Å². The van der Waals surface area contributed by atoms with Crippen LogP contribution in [0.1, 0.15) is 47.8 Å². The highest BCUT2D eigenvalue weighted by Crippen LogP contribution is 2.35. The molecule has 0 bridgehead atoms. The number of carbonyl (C=O) groups is 1. The van der Waals surface area contributed by atoms with Gasteiger partial charge in [-0.3, -0.25) is 24.6 Å². The van der Waals surface area contributed by atoms with Crippen LogP contribution in [0.5, 0.6) is 11.5 Å². The van der Waals surface area contributed by atoms with Gasteiger partial charge in [-0.25, -0.2) is 0 Å². The minimum atomic E-state index is -0.620. The molecule has 2 aromatic heterocycles. The summed E-state index contributed by atoms with van der Waals surface area (Å²) >= 11 is 0. The Morgan fingerprint density at radius 3 is 2.55 bits per heavy atom. The molecule has 4 rings (SSSR count). The van der Waals surface area contributed by atoms with E-state index in [2.05, 4.69) is 10.3 Å². The van der Waals surface area contributed by atoms with Crippen molar-refractivity contribution < 1.29 is 19.2 Å². The number of hydrogen-bond acceptors (Lipinski definition) is 7. The summed E-state index contributed by atoms with van der Waals surface area (Å²) in [5.74, 6) is -0.190. The van der Waals surface area contributed by atoms with Gasteiger partial charge >= 0.3 is 0 Å². The Morgan fingerprint density at radius 2 is 1.91 bits per heavy atom. The van der Waals surface area contributed by atoms with Crippen LogP contribution in [-0.2, 0) is 6.54 Å². The summed E-state index contributed by atoms with van der Waals surface area (Å²) in [5.41, 5.74) is 1.88. The molecule has 1 amide bonds. The molecule has 0 aliphatic heterocycles. The summed E-state index contributed by atoms with van der Waals surface area (Å²) < 4.78 is 12.3. The Hall–Kier alpha value is -3.95. The van der Waals surface area contributed by atoms with Crippen LogP contribution < -0.4 is 14.8 Å². The number of amides is 1. The molecule has 10 nitrogen and oxygen atoms in total. The number of benzene rings is 1. The summed E-state index contributed by atoms with van der Waals surface area (Å²) in [6, 6.07) is 10.4. The van der Waals surface area contributed by atoms with Crippen molar-refractivity contribution in [1.29, 1.82) is 0 Å². The van der Waals surface area contributed by atoms with Crippen molar-refractivity contribution >= 4 is 11.6 Å². The van der Waals surface area contributed by atoms with Gasteiger partial charge in [-0.1, -0.05) is 18.9 Å². The standard InChI is InChI=1S/C23H25N5O5/c1-32-21-12-17(19(28(30)31)13-22(21)33-2)23(29)25-14-15-11-20(18-9-5-6-10-24-18)27(26-15)16-7-3-4-8-16/h5-6,9-13,16H,3-4,7-8,14H2,1-2H3,(H,25,29). The Balaban J connectivity index is 1.59. The SMILES string of the molecule is COc1cc(C(=O)NCc2cc(-c3ccccn3)n(C3CCCC3)n2)c([N+](=O)[O-])cc1OC. The average molecular weight is 451 g/mol. The quantitative estimate of drug-likeness (QED) is 0.407. The molecule has 10 heteroatoms. The van der Waals surface area contributed by atoms with E-state index in [9.17, 15) is 14.9 Å². The molecule has 1 aliphatic rings. The third-order valence-electron chi connectivity index (χ3n) is 5.76. The van der Waals surface area contributed by atoms with Crippen LogP contribution in [0.2, 0.25) is 0 Å². The van der Waals surface area contributed by atoms with Crippen LogP contribution in [0.4, 0.5) is 5.69 Å². The van der Waals surface area contributed by atoms with E-state index < -0.39 is 10.8 Å². The zero-order valence-corrected chi connectivity index (χ0v) is 18.5. The number of aromatic nitrogens is 3. The molecule has 0 atom stereocenters. The molecule has 1 saturated carbocycles. The maximum absolute atomic E-state index is 12.9. The minimum Gasteiger partial charge on any atom is -0.493 e. The van der Waals surface area contributed by atoms with Gasteiger partial charge in [0.15, 0.2) is 11.5 Å². The highest BCUT2D eigenvalue weighted by molar-refractivity contribution is 5.99. The van der Waals surface area contributed by atoms with Gasteiger partial charge in [0.05, 0.1) is 54.9 Å². The molecule has 2 heterocycles. The van der Waals surface area contributed by atoms with Crippen molar-refractivity contribution in [2.24, 2.45) is 0 Å². The third kappa shape index (κ3) is 4.64. The molecule has 0 radical (unpaired) electrons. The molecule has 0 spiro atoms. The van der Waals surface area contributed by atoms with Crippen LogP contribution in [0.3, 0.4) is 0 Å². The first-order valence-corrected chi connectivity index (χ1v) is 10.7. The number of carbonyl (C=O) groups excluding carboxylic acids is 1. The second-order valence-corrected chi connectivity index (χ2v) is 7.78. The number of nitrogens with one attached hydrogen (secondary N) is 1. The largest absolute Gasteiger partial charge is 0.493 e. The van der Waals surface area contributed by atoms with E-state index >= 15 is 0 Å². The molecule has 3 aromatic rings. The van der Waals surface area contributed by atoms with Gasteiger partial charge in [-0.2, -0.15) is 5.10 Å². The first-order chi connectivity index (χ1) is 16.0. The van der Waals surface area contributed by atoms with Crippen LogP contribution >= 0.6 is 0 Å². The first-order valence-electron chi connectivity index (χ1n) is 10.7. The van der Waals surface area contributed by atoms with Gasteiger partial charge < -0.3 is 14.8 Å². The smallest absolute Gasteiger partial charge is 0.286 e. The van der Waals surface area contributed by atoms with Crippen LogP contribution in [0.15, 0.2) is 42.6 Å². The molecule has 172 valence electrons. The molecule has 1 N–H and O–H groups in total. The lowest BCUT2D eigenvalue weighted by Crippen LogP contribution is -2.24. The Kier molecular flexibility index (Phi) is 6.53. The predicted molar refractivity (Wildman–Crippen MR) is 120 cm³/mol. The fraction of sp³-hybridized carbons (Fsp3) is 0.348. The van der Waals surface area contributed by atoms with Crippen molar-refractivity contribution in [3.05, 3.63) is 64.0 Å². The van der Waals surface area contributed by atoms with E-state index in [0.29, 0.717) is 11.7 Å². The van der Waals surface area contributed by atoms with E-state index in [0.717, 1.165) is 37.1 Å². The normalized spacial score (nSPS) is 13.6. The third-order valence-corrected chi connectivity index (χ3v) is 5.76. The van der Waals surface area contributed by atoms with Crippen LogP contribution in [0, 0.1) is 10.1 Å². The second-order valence-electron chi connectivity index (χ2n) is 7.78. The molecule has 0 unspecified atom stereocenters. The number of rotatable bonds is 8. The maximum Gasteiger partial charge on any atom is 0.286 e. The molecule has 33 heavy (non-hydrogen) atoms. The van der Waals surface area contributed by atoms with Gasteiger partial charge in [0.2, 0.25) is 0 Å². The monoisotopic (exact) mass is 451 g/mol. The van der Waals surface area contributed by atoms with Gasteiger partial charge in [0.1, 0.15) is 5.56 Å². The zero-order chi connectivity index (χ0) is 23.4. The van der Waals surface area contributed by atoms with E-state index in [1.165, 1.54) is 26.4 Å². The number of methoxy groups -OCH3 is 2. The van der Waals surface area contributed by atoms with Gasteiger partial charge in [0.25, 0.3) is 11.6 Å². The van der Waals surface area contributed by atoms with Crippen molar-refractivity contribution in [3.63, 3.8) is 0 Å². The Morgan fingerprint density at radius 1 is 1.18 bits per heavy atom. The molecular weight excluding hydrogens is 426 g/mol. The van der Waals surface area contributed by atoms with Crippen molar-refractivity contribution in [1.82, 2.24) is 20.1 Å². The summed E-state index contributed by atoms with van der Waals surface area (Å²) in [6.45, 7) is 0.115. The fourth-order valence-corrected chi connectivity index (χ4v) is 4.13. The number of hydrogen-bond donors (Lipinski definition) is 1.